The molecule has 2 aromatic rings. The summed E-state index contributed by atoms with van der Waals surface area (Å²) in [6.07, 6.45) is 6.10. The summed E-state index contributed by atoms with van der Waals surface area (Å²) >= 11 is 0. The van der Waals surface area contributed by atoms with E-state index in [-0.39, 0.29) is 5.69 Å². The number of rotatable bonds is 2. The van der Waals surface area contributed by atoms with Gasteiger partial charge in [-0.3, -0.25) is 0 Å². The van der Waals surface area contributed by atoms with E-state index in [1.807, 2.05) is 7.05 Å². The van der Waals surface area contributed by atoms with Crippen LogP contribution in [0, 0.1) is 5.82 Å². The van der Waals surface area contributed by atoms with Gasteiger partial charge < -0.3 is 5.73 Å². The average molecular weight is 274 g/mol. The Morgan fingerprint density at radius 3 is 2.70 bits per heavy atom. The second-order valence-electron chi connectivity index (χ2n) is 5.49. The lowest BCUT2D eigenvalue weighted by Crippen LogP contribution is -2.06. The van der Waals surface area contributed by atoms with Crippen LogP contribution in [0.25, 0.3) is 11.4 Å². The lowest BCUT2D eigenvalue weighted by Gasteiger charge is -2.18. The summed E-state index contributed by atoms with van der Waals surface area (Å²) in [6, 6.07) is 4.77. The van der Waals surface area contributed by atoms with E-state index in [1.165, 1.54) is 25.3 Å². The molecule has 0 amide bonds. The maximum absolute atomic E-state index is 13.6. The number of hydrogen-bond donors (Lipinski definition) is 1. The summed E-state index contributed by atoms with van der Waals surface area (Å²) in [6.45, 7) is 0. The topological polar surface area (TPSA) is 56.7 Å². The van der Waals surface area contributed by atoms with Crippen molar-refractivity contribution in [1.82, 2.24) is 14.8 Å². The molecule has 0 radical (unpaired) electrons. The fourth-order valence-corrected chi connectivity index (χ4v) is 2.86. The van der Waals surface area contributed by atoms with E-state index in [2.05, 4.69) is 10.1 Å². The van der Waals surface area contributed by atoms with Gasteiger partial charge in [0.15, 0.2) is 11.6 Å². The molecule has 0 aliphatic heterocycles. The highest BCUT2D eigenvalue weighted by Gasteiger charge is 2.21. The molecule has 1 aromatic heterocycles. The zero-order valence-electron chi connectivity index (χ0n) is 11.6. The molecule has 1 aliphatic carbocycles. The second-order valence-corrected chi connectivity index (χ2v) is 5.49. The van der Waals surface area contributed by atoms with E-state index in [9.17, 15) is 4.39 Å². The van der Waals surface area contributed by atoms with E-state index >= 15 is 0 Å². The number of hydrogen-bond acceptors (Lipinski definition) is 3. The highest BCUT2D eigenvalue weighted by Crippen LogP contribution is 2.32. The molecular weight excluding hydrogens is 255 g/mol. The van der Waals surface area contributed by atoms with Crippen molar-refractivity contribution in [2.45, 2.75) is 38.0 Å². The summed E-state index contributed by atoms with van der Waals surface area (Å²) in [5, 5.41) is 4.51. The van der Waals surface area contributed by atoms with Crippen LogP contribution in [0.1, 0.15) is 43.8 Å². The first kappa shape index (κ1) is 13.1. The third-order valence-corrected chi connectivity index (χ3v) is 4.01. The van der Waals surface area contributed by atoms with Gasteiger partial charge in [0.1, 0.15) is 5.82 Å². The number of aromatic nitrogens is 3. The van der Waals surface area contributed by atoms with E-state index in [0.29, 0.717) is 17.3 Å². The van der Waals surface area contributed by atoms with Crippen molar-refractivity contribution < 1.29 is 4.39 Å². The van der Waals surface area contributed by atoms with Crippen molar-refractivity contribution in [1.29, 1.82) is 0 Å². The zero-order valence-corrected chi connectivity index (χ0v) is 11.6. The molecule has 106 valence electrons. The Morgan fingerprint density at radius 1 is 1.25 bits per heavy atom. The molecule has 0 unspecified atom stereocenters. The minimum Gasteiger partial charge on any atom is -0.396 e. The van der Waals surface area contributed by atoms with Crippen LogP contribution in [0.4, 0.5) is 10.1 Å². The van der Waals surface area contributed by atoms with Crippen LogP contribution >= 0.6 is 0 Å². The molecule has 1 saturated carbocycles. The highest BCUT2D eigenvalue weighted by atomic mass is 19.1. The Balaban J connectivity index is 1.93. The fourth-order valence-electron chi connectivity index (χ4n) is 2.86. The molecule has 0 atom stereocenters. The van der Waals surface area contributed by atoms with Crippen LogP contribution in [-0.4, -0.2) is 14.8 Å². The first-order valence-corrected chi connectivity index (χ1v) is 7.11. The van der Waals surface area contributed by atoms with Crippen molar-refractivity contribution >= 4 is 5.69 Å². The molecule has 3 rings (SSSR count). The van der Waals surface area contributed by atoms with Crippen molar-refractivity contribution in [3.05, 3.63) is 29.8 Å². The van der Waals surface area contributed by atoms with E-state index in [4.69, 9.17) is 5.73 Å². The van der Waals surface area contributed by atoms with Crippen molar-refractivity contribution in [2.24, 2.45) is 7.05 Å². The number of nitrogens with zero attached hydrogens (tertiary/aromatic N) is 3. The number of anilines is 1. The van der Waals surface area contributed by atoms with Gasteiger partial charge in [-0.1, -0.05) is 19.3 Å². The molecule has 5 heteroatoms. The van der Waals surface area contributed by atoms with Gasteiger partial charge in [0.05, 0.1) is 5.69 Å². The number of benzene rings is 1. The molecule has 20 heavy (non-hydrogen) atoms. The molecule has 0 bridgehead atoms. The summed E-state index contributed by atoms with van der Waals surface area (Å²) in [5.74, 6) is 1.62. The summed E-state index contributed by atoms with van der Waals surface area (Å²) < 4.78 is 15.3. The average Bonchev–Trinajstić information content (AvgIpc) is 2.85. The third-order valence-electron chi connectivity index (χ3n) is 4.01. The normalized spacial score (nSPS) is 16.5. The molecular formula is C15H19FN4. The van der Waals surface area contributed by atoms with Gasteiger partial charge >= 0.3 is 0 Å². The van der Waals surface area contributed by atoms with Gasteiger partial charge in [-0.25, -0.2) is 14.1 Å². The van der Waals surface area contributed by atoms with Crippen LogP contribution in [-0.2, 0) is 7.05 Å². The highest BCUT2D eigenvalue weighted by molar-refractivity contribution is 5.59. The molecule has 1 heterocycles. The first-order chi connectivity index (χ1) is 9.65. The Bertz CT molecular complexity index is 614. The molecule has 1 aliphatic rings. The quantitative estimate of drug-likeness (QED) is 0.855. The molecule has 1 fully saturated rings. The van der Waals surface area contributed by atoms with Crippen LogP contribution in [0.15, 0.2) is 18.2 Å². The van der Waals surface area contributed by atoms with Gasteiger partial charge in [0.2, 0.25) is 0 Å². The van der Waals surface area contributed by atoms with Crippen LogP contribution < -0.4 is 5.73 Å². The molecule has 2 N–H and O–H groups in total. The standard InChI is InChI=1S/C15H19FN4/c1-20-15(11-7-8-13(17)12(16)9-11)18-14(19-20)10-5-3-2-4-6-10/h7-10H,2-6,17H2,1H3. The first-order valence-electron chi connectivity index (χ1n) is 7.11. The molecule has 0 saturated heterocycles. The lowest BCUT2D eigenvalue weighted by molar-refractivity contribution is 0.427. The van der Waals surface area contributed by atoms with Gasteiger partial charge in [-0.05, 0) is 31.0 Å². The Labute approximate surface area is 117 Å². The number of halogens is 1. The van der Waals surface area contributed by atoms with Gasteiger partial charge in [0, 0.05) is 18.5 Å². The summed E-state index contributed by atoms with van der Waals surface area (Å²) in [5.41, 5.74) is 6.38. The largest absolute Gasteiger partial charge is 0.396 e. The molecule has 4 nitrogen and oxygen atoms in total. The number of aryl methyl sites for hydroxylation is 1. The van der Waals surface area contributed by atoms with Crippen LogP contribution in [0.5, 0.6) is 0 Å². The summed E-state index contributed by atoms with van der Waals surface area (Å²) in [4.78, 5) is 4.62. The van der Waals surface area contributed by atoms with Gasteiger partial charge in [-0.15, -0.1) is 0 Å². The smallest absolute Gasteiger partial charge is 0.158 e. The SMILES string of the molecule is Cn1nc(C2CCCCC2)nc1-c1ccc(N)c(F)c1. The predicted molar refractivity (Wildman–Crippen MR) is 76.6 cm³/mol. The van der Waals surface area contributed by atoms with Crippen molar-refractivity contribution in [3.8, 4) is 11.4 Å². The Hall–Kier alpha value is -1.91. The maximum Gasteiger partial charge on any atom is 0.158 e. The van der Waals surface area contributed by atoms with Crippen LogP contribution in [0.2, 0.25) is 0 Å². The lowest BCUT2D eigenvalue weighted by atomic mass is 9.89. The van der Waals surface area contributed by atoms with Crippen molar-refractivity contribution in [2.75, 3.05) is 5.73 Å². The van der Waals surface area contributed by atoms with Crippen molar-refractivity contribution in [3.63, 3.8) is 0 Å². The van der Waals surface area contributed by atoms with E-state index in [1.54, 1.807) is 16.8 Å². The predicted octanol–water partition coefficient (Wildman–Crippen LogP) is 3.25. The Morgan fingerprint density at radius 2 is 2.00 bits per heavy atom. The number of nitrogen functional groups attached to an aromatic ring is 1. The minimum atomic E-state index is -0.412. The number of nitrogens with two attached hydrogens (primary N) is 1. The van der Waals surface area contributed by atoms with Crippen LogP contribution in [0.3, 0.4) is 0 Å². The third kappa shape index (κ3) is 2.40. The van der Waals surface area contributed by atoms with Gasteiger partial charge in [0.25, 0.3) is 0 Å². The minimum absolute atomic E-state index is 0.156. The second kappa shape index (κ2) is 5.23. The van der Waals surface area contributed by atoms with E-state index < -0.39 is 5.82 Å². The van der Waals surface area contributed by atoms with Gasteiger partial charge in [-0.2, -0.15) is 5.10 Å². The molecule has 0 spiro atoms. The monoisotopic (exact) mass is 274 g/mol. The maximum atomic E-state index is 13.6. The Kier molecular flexibility index (Phi) is 3.42. The fraction of sp³-hybridized carbons (Fsp3) is 0.467. The van der Waals surface area contributed by atoms with E-state index in [0.717, 1.165) is 18.7 Å². The zero-order chi connectivity index (χ0) is 14.1. The molecule has 1 aromatic carbocycles. The summed E-state index contributed by atoms with van der Waals surface area (Å²) in [7, 11) is 1.85.